The maximum absolute atomic E-state index is 14.2. The van der Waals surface area contributed by atoms with Crippen molar-refractivity contribution in [2.24, 2.45) is 0 Å². The molecule has 0 bridgehead atoms. The van der Waals surface area contributed by atoms with E-state index in [0.29, 0.717) is 11.8 Å². The summed E-state index contributed by atoms with van der Waals surface area (Å²) in [6, 6.07) is 8.93. The third-order valence-corrected chi connectivity index (χ3v) is 3.73. The summed E-state index contributed by atoms with van der Waals surface area (Å²) in [4.78, 5) is 3.94. The van der Waals surface area contributed by atoms with E-state index in [1.807, 2.05) is 13.0 Å². The fourth-order valence-corrected chi connectivity index (χ4v) is 2.52. The van der Waals surface area contributed by atoms with Crippen LogP contribution in [0.1, 0.15) is 24.9 Å². The van der Waals surface area contributed by atoms with E-state index in [-0.39, 0.29) is 17.6 Å². The molecule has 0 saturated carbocycles. The van der Waals surface area contributed by atoms with Crippen molar-refractivity contribution >= 4 is 0 Å². The van der Waals surface area contributed by atoms with Crippen LogP contribution in [0.2, 0.25) is 0 Å². The fraction of sp³-hybridized carbons (Fsp3) is 0.353. The predicted octanol–water partition coefficient (Wildman–Crippen LogP) is 3.45. The van der Waals surface area contributed by atoms with Gasteiger partial charge < -0.3 is 14.8 Å². The molecule has 0 unspecified atom stereocenters. The number of ether oxygens (including phenoxy) is 2. The lowest BCUT2D eigenvalue weighted by molar-refractivity contribution is 0.188. The van der Waals surface area contributed by atoms with Crippen LogP contribution in [0.15, 0.2) is 42.7 Å². The molecule has 0 radical (unpaired) electrons. The Balaban J connectivity index is 1.68. The first-order valence-electron chi connectivity index (χ1n) is 7.43. The Bertz CT molecular complexity index is 615. The standard InChI is InChI=1S/C17H19FN2O2/c1-12(20-14-6-8-21-11-14)13-4-5-17(16(18)9-13)22-15-3-2-7-19-10-15/h2-5,7,9-10,12,14,20H,6,8,11H2,1H3/t12-,14-/m1/s1. The SMILES string of the molecule is C[C@@H](N[C@@H]1CCOC1)c1ccc(Oc2cccnc2)c(F)c1. The molecule has 2 heterocycles. The highest BCUT2D eigenvalue weighted by Crippen LogP contribution is 2.26. The Labute approximate surface area is 129 Å². The van der Waals surface area contributed by atoms with Gasteiger partial charge in [0.2, 0.25) is 0 Å². The minimum absolute atomic E-state index is 0.0636. The molecule has 1 aromatic heterocycles. The minimum atomic E-state index is -0.377. The number of hydrogen-bond acceptors (Lipinski definition) is 4. The van der Waals surface area contributed by atoms with Crippen LogP contribution in [0.5, 0.6) is 11.5 Å². The van der Waals surface area contributed by atoms with Crippen LogP contribution in [0.4, 0.5) is 4.39 Å². The number of halogens is 1. The largest absolute Gasteiger partial charge is 0.453 e. The summed E-state index contributed by atoms with van der Waals surface area (Å²) in [6.07, 6.45) is 4.19. The Hall–Kier alpha value is -1.98. The molecular formula is C17H19FN2O2. The van der Waals surface area contributed by atoms with Gasteiger partial charge in [-0.2, -0.15) is 0 Å². The summed E-state index contributed by atoms with van der Waals surface area (Å²) in [5, 5.41) is 3.45. The topological polar surface area (TPSA) is 43.4 Å². The lowest BCUT2D eigenvalue weighted by Crippen LogP contribution is -2.31. The summed E-state index contributed by atoms with van der Waals surface area (Å²) in [7, 11) is 0. The third kappa shape index (κ3) is 3.61. The van der Waals surface area contributed by atoms with Crippen LogP contribution in [0.3, 0.4) is 0 Å². The molecule has 2 aromatic rings. The molecular weight excluding hydrogens is 283 g/mol. The van der Waals surface area contributed by atoms with E-state index < -0.39 is 0 Å². The third-order valence-electron chi connectivity index (χ3n) is 3.73. The van der Waals surface area contributed by atoms with Crippen LogP contribution in [0.25, 0.3) is 0 Å². The average molecular weight is 302 g/mol. The maximum atomic E-state index is 14.2. The van der Waals surface area contributed by atoms with Gasteiger partial charge in [-0.1, -0.05) is 6.07 Å². The molecule has 1 aliphatic rings. The lowest BCUT2D eigenvalue weighted by Gasteiger charge is -2.19. The molecule has 1 N–H and O–H groups in total. The number of benzene rings is 1. The minimum Gasteiger partial charge on any atom is -0.453 e. The summed E-state index contributed by atoms with van der Waals surface area (Å²) < 4.78 is 25.1. The first-order valence-corrected chi connectivity index (χ1v) is 7.43. The number of rotatable bonds is 5. The van der Waals surface area contributed by atoms with Gasteiger partial charge in [0.1, 0.15) is 5.75 Å². The van der Waals surface area contributed by atoms with E-state index >= 15 is 0 Å². The van der Waals surface area contributed by atoms with Crippen LogP contribution in [0, 0.1) is 5.82 Å². The average Bonchev–Trinajstić information content (AvgIpc) is 3.03. The first kappa shape index (κ1) is 14.9. The molecule has 2 atom stereocenters. The normalized spacial score (nSPS) is 19.1. The summed E-state index contributed by atoms with van der Waals surface area (Å²) in [6.45, 7) is 3.53. The number of pyridine rings is 1. The van der Waals surface area contributed by atoms with Crippen molar-refractivity contribution in [3.05, 3.63) is 54.1 Å². The summed E-state index contributed by atoms with van der Waals surface area (Å²) in [5.74, 6) is 0.342. The molecule has 1 aliphatic heterocycles. The predicted molar refractivity (Wildman–Crippen MR) is 81.5 cm³/mol. The Kier molecular flexibility index (Phi) is 4.65. The van der Waals surface area contributed by atoms with Gasteiger partial charge in [0.25, 0.3) is 0 Å². The van der Waals surface area contributed by atoms with Crippen molar-refractivity contribution < 1.29 is 13.9 Å². The van der Waals surface area contributed by atoms with Gasteiger partial charge in [0, 0.05) is 24.9 Å². The molecule has 0 spiro atoms. The van der Waals surface area contributed by atoms with E-state index in [1.165, 1.54) is 6.07 Å². The van der Waals surface area contributed by atoms with Gasteiger partial charge in [0.05, 0.1) is 12.8 Å². The van der Waals surface area contributed by atoms with Gasteiger partial charge >= 0.3 is 0 Å². The van der Waals surface area contributed by atoms with Gasteiger partial charge in [-0.15, -0.1) is 0 Å². The second-order valence-electron chi connectivity index (χ2n) is 5.43. The van der Waals surface area contributed by atoms with Gasteiger partial charge in [-0.25, -0.2) is 4.39 Å². The Morgan fingerprint density at radius 2 is 2.32 bits per heavy atom. The zero-order chi connectivity index (χ0) is 15.4. The van der Waals surface area contributed by atoms with Crippen LogP contribution in [-0.2, 0) is 4.74 Å². The molecule has 3 rings (SSSR count). The van der Waals surface area contributed by atoms with E-state index in [2.05, 4.69) is 10.3 Å². The van der Waals surface area contributed by atoms with Crippen molar-refractivity contribution in [2.45, 2.75) is 25.4 Å². The molecule has 5 heteroatoms. The van der Waals surface area contributed by atoms with Crippen molar-refractivity contribution in [1.29, 1.82) is 0 Å². The fourth-order valence-electron chi connectivity index (χ4n) is 2.52. The lowest BCUT2D eigenvalue weighted by atomic mass is 10.1. The van der Waals surface area contributed by atoms with E-state index in [9.17, 15) is 4.39 Å². The quantitative estimate of drug-likeness (QED) is 0.918. The molecule has 1 saturated heterocycles. The van der Waals surface area contributed by atoms with Crippen LogP contribution in [-0.4, -0.2) is 24.2 Å². The van der Waals surface area contributed by atoms with Gasteiger partial charge in [0.15, 0.2) is 11.6 Å². The molecule has 0 amide bonds. The van der Waals surface area contributed by atoms with E-state index in [0.717, 1.165) is 25.2 Å². The number of aromatic nitrogens is 1. The number of nitrogens with zero attached hydrogens (tertiary/aromatic N) is 1. The molecule has 22 heavy (non-hydrogen) atoms. The van der Waals surface area contributed by atoms with Crippen molar-refractivity contribution in [3.8, 4) is 11.5 Å². The van der Waals surface area contributed by atoms with Gasteiger partial charge in [-0.3, -0.25) is 4.98 Å². The smallest absolute Gasteiger partial charge is 0.166 e. The molecule has 0 aliphatic carbocycles. The molecule has 4 nitrogen and oxygen atoms in total. The second kappa shape index (κ2) is 6.85. The van der Waals surface area contributed by atoms with Crippen LogP contribution >= 0.6 is 0 Å². The molecule has 1 aromatic carbocycles. The second-order valence-corrected chi connectivity index (χ2v) is 5.43. The highest BCUT2D eigenvalue weighted by atomic mass is 19.1. The Morgan fingerprint density at radius 1 is 1.41 bits per heavy atom. The highest BCUT2D eigenvalue weighted by molar-refractivity contribution is 5.34. The van der Waals surface area contributed by atoms with Crippen molar-refractivity contribution in [1.82, 2.24) is 10.3 Å². The monoisotopic (exact) mass is 302 g/mol. The first-order chi connectivity index (χ1) is 10.7. The maximum Gasteiger partial charge on any atom is 0.166 e. The van der Waals surface area contributed by atoms with E-state index in [1.54, 1.807) is 30.6 Å². The number of nitrogens with one attached hydrogen (secondary N) is 1. The van der Waals surface area contributed by atoms with Crippen LogP contribution < -0.4 is 10.1 Å². The highest BCUT2D eigenvalue weighted by Gasteiger charge is 2.19. The van der Waals surface area contributed by atoms with E-state index in [4.69, 9.17) is 9.47 Å². The zero-order valence-corrected chi connectivity index (χ0v) is 12.5. The summed E-state index contributed by atoms with van der Waals surface area (Å²) >= 11 is 0. The molecule has 1 fully saturated rings. The summed E-state index contributed by atoms with van der Waals surface area (Å²) in [5.41, 5.74) is 0.892. The van der Waals surface area contributed by atoms with Crippen molar-refractivity contribution in [3.63, 3.8) is 0 Å². The zero-order valence-electron chi connectivity index (χ0n) is 12.5. The van der Waals surface area contributed by atoms with Gasteiger partial charge in [-0.05, 0) is 43.2 Å². The van der Waals surface area contributed by atoms with Crippen molar-refractivity contribution in [2.75, 3.05) is 13.2 Å². The molecule has 116 valence electrons. The number of hydrogen-bond donors (Lipinski definition) is 1. The Morgan fingerprint density at radius 3 is 3.00 bits per heavy atom.